The monoisotopic (exact) mass is 414 g/mol. The maximum Gasteiger partial charge on any atom is 0.258 e. The highest BCUT2D eigenvalue weighted by atomic mass is 79.9. The molecule has 9 heteroatoms. The number of hydrogen-bond donors (Lipinski definition) is 0. The first-order valence-corrected chi connectivity index (χ1v) is 9.13. The van der Waals surface area contributed by atoms with Gasteiger partial charge in [-0.1, -0.05) is 30.0 Å². The lowest BCUT2D eigenvalue weighted by Crippen LogP contribution is -2.15. The first-order chi connectivity index (χ1) is 12.2. The Morgan fingerprint density at radius 1 is 1.12 bits per heavy atom. The largest absolute Gasteiger partial charge is 0.269 e. The normalized spacial score (nSPS) is 11.1. The zero-order chi connectivity index (χ0) is 17.2. The Labute approximate surface area is 154 Å². The molecule has 4 rings (SSSR count). The second-order valence-electron chi connectivity index (χ2n) is 5.16. The summed E-state index contributed by atoms with van der Waals surface area (Å²) in [6.45, 7) is 0. The lowest BCUT2D eigenvalue weighted by Gasteiger charge is -2.05. The molecule has 0 unspecified atom stereocenters. The molecule has 0 aliphatic rings. The minimum atomic E-state index is -0.121. The average molecular weight is 415 g/mol. The Morgan fingerprint density at radius 2 is 1.96 bits per heavy atom. The highest BCUT2D eigenvalue weighted by Crippen LogP contribution is 2.21. The van der Waals surface area contributed by atoms with Crippen molar-refractivity contribution in [1.29, 1.82) is 0 Å². The molecular weight excluding hydrogens is 404 g/mol. The summed E-state index contributed by atoms with van der Waals surface area (Å²) in [6.07, 6.45) is 1.71. The van der Waals surface area contributed by atoms with Crippen molar-refractivity contribution in [3.8, 4) is 5.69 Å². The summed E-state index contributed by atoms with van der Waals surface area (Å²) in [4.78, 5) is 16.8. The summed E-state index contributed by atoms with van der Waals surface area (Å²) in [5, 5.41) is 12.5. The van der Waals surface area contributed by atoms with Gasteiger partial charge in [-0.25, -0.2) is 4.98 Å². The molecule has 25 heavy (non-hydrogen) atoms. The minimum absolute atomic E-state index is 0.121. The van der Waals surface area contributed by atoms with Crippen LogP contribution in [0.4, 0.5) is 0 Å². The number of pyridine rings is 1. The predicted octanol–water partition coefficient (Wildman–Crippen LogP) is 2.73. The Morgan fingerprint density at radius 3 is 2.80 bits per heavy atom. The van der Waals surface area contributed by atoms with Crippen molar-refractivity contribution < 1.29 is 0 Å². The van der Waals surface area contributed by atoms with E-state index in [1.54, 1.807) is 16.9 Å². The van der Waals surface area contributed by atoms with Crippen LogP contribution in [0.3, 0.4) is 0 Å². The van der Waals surface area contributed by atoms with Crippen molar-refractivity contribution in [2.45, 2.75) is 10.9 Å². The minimum Gasteiger partial charge on any atom is -0.269 e. The lowest BCUT2D eigenvalue weighted by atomic mass is 10.3. The third kappa shape index (κ3) is 3.33. The second kappa shape index (κ2) is 6.77. The number of thioether (sulfide) groups is 1. The topological polar surface area (TPSA) is 78.0 Å². The fourth-order valence-corrected chi connectivity index (χ4v) is 3.46. The van der Waals surface area contributed by atoms with Crippen molar-refractivity contribution in [3.63, 3.8) is 0 Å². The smallest absolute Gasteiger partial charge is 0.258 e. The van der Waals surface area contributed by atoms with Crippen LogP contribution in [0, 0.1) is 0 Å². The number of hydrogen-bond acceptors (Lipinski definition) is 6. The molecule has 0 amide bonds. The molecule has 0 saturated carbocycles. The van der Waals surface area contributed by atoms with E-state index in [-0.39, 0.29) is 5.56 Å². The van der Waals surface area contributed by atoms with Gasteiger partial charge in [0.2, 0.25) is 5.16 Å². The van der Waals surface area contributed by atoms with E-state index in [9.17, 15) is 4.79 Å². The average Bonchev–Trinajstić information content (AvgIpc) is 3.10. The van der Waals surface area contributed by atoms with E-state index in [4.69, 9.17) is 0 Å². The van der Waals surface area contributed by atoms with Crippen LogP contribution in [0.5, 0.6) is 0 Å². The molecule has 0 radical (unpaired) electrons. The van der Waals surface area contributed by atoms with Crippen LogP contribution >= 0.6 is 27.7 Å². The van der Waals surface area contributed by atoms with Gasteiger partial charge in [-0.15, -0.1) is 5.10 Å². The molecule has 1 aromatic carbocycles. The summed E-state index contributed by atoms with van der Waals surface area (Å²) < 4.78 is 4.00. The van der Waals surface area contributed by atoms with E-state index < -0.39 is 0 Å². The predicted molar refractivity (Wildman–Crippen MR) is 97.9 cm³/mol. The summed E-state index contributed by atoms with van der Waals surface area (Å²) >= 11 is 4.78. The highest BCUT2D eigenvalue weighted by molar-refractivity contribution is 9.10. The Kier molecular flexibility index (Phi) is 4.33. The number of rotatable bonds is 4. The lowest BCUT2D eigenvalue weighted by molar-refractivity contribution is 0.756. The van der Waals surface area contributed by atoms with E-state index in [0.29, 0.717) is 22.3 Å². The van der Waals surface area contributed by atoms with Gasteiger partial charge in [0.1, 0.15) is 5.65 Å². The van der Waals surface area contributed by atoms with Crippen molar-refractivity contribution in [1.82, 2.24) is 29.6 Å². The zero-order valence-corrected chi connectivity index (χ0v) is 15.2. The van der Waals surface area contributed by atoms with E-state index in [0.717, 1.165) is 10.2 Å². The number of fused-ring (bicyclic) bond motifs is 1. The van der Waals surface area contributed by atoms with Crippen molar-refractivity contribution >= 4 is 33.3 Å². The number of aromatic nitrogens is 6. The summed E-state index contributed by atoms with van der Waals surface area (Å²) in [7, 11) is 0. The summed E-state index contributed by atoms with van der Waals surface area (Å²) in [6, 6.07) is 14.8. The van der Waals surface area contributed by atoms with Gasteiger partial charge < -0.3 is 0 Å². The van der Waals surface area contributed by atoms with Gasteiger partial charge in [-0.05, 0) is 50.6 Å². The summed E-state index contributed by atoms with van der Waals surface area (Å²) in [5.41, 5.74) is 2.05. The van der Waals surface area contributed by atoms with Gasteiger partial charge in [0, 0.05) is 22.5 Å². The molecule has 0 fully saturated rings. The maximum atomic E-state index is 12.2. The molecular formula is C16H11BrN6OS. The van der Waals surface area contributed by atoms with Gasteiger partial charge in [0.25, 0.3) is 5.56 Å². The number of para-hydroxylation sites is 1. The summed E-state index contributed by atoms with van der Waals surface area (Å²) in [5.74, 6) is 0.495. The Hall–Kier alpha value is -2.52. The molecule has 0 saturated heterocycles. The molecule has 4 aromatic rings. The van der Waals surface area contributed by atoms with E-state index >= 15 is 0 Å². The van der Waals surface area contributed by atoms with Gasteiger partial charge in [0.05, 0.1) is 11.4 Å². The first-order valence-electron chi connectivity index (χ1n) is 7.35. The van der Waals surface area contributed by atoms with Crippen molar-refractivity contribution in [2.75, 3.05) is 0 Å². The van der Waals surface area contributed by atoms with Crippen LogP contribution in [0.15, 0.2) is 69.2 Å². The maximum absolute atomic E-state index is 12.2. The van der Waals surface area contributed by atoms with Crippen LogP contribution in [0.25, 0.3) is 11.3 Å². The fourth-order valence-electron chi connectivity index (χ4n) is 2.34. The van der Waals surface area contributed by atoms with Crippen LogP contribution in [-0.2, 0) is 5.75 Å². The molecule has 3 heterocycles. The molecule has 0 aliphatic heterocycles. The Bertz CT molecular complexity index is 1090. The fraction of sp³-hybridized carbons (Fsp3) is 0.0625. The van der Waals surface area contributed by atoms with E-state index in [2.05, 4.69) is 36.4 Å². The number of benzene rings is 1. The van der Waals surface area contributed by atoms with Crippen LogP contribution in [0.1, 0.15) is 5.69 Å². The number of tetrazole rings is 1. The van der Waals surface area contributed by atoms with Crippen molar-refractivity contribution in [3.05, 3.63) is 75.2 Å². The van der Waals surface area contributed by atoms with Crippen molar-refractivity contribution in [2.24, 2.45) is 0 Å². The molecule has 0 spiro atoms. The van der Waals surface area contributed by atoms with Gasteiger partial charge in [-0.2, -0.15) is 4.68 Å². The third-order valence-electron chi connectivity index (χ3n) is 3.47. The molecule has 3 aromatic heterocycles. The molecule has 0 aliphatic carbocycles. The number of nitrogens with zero attached hydrogens (tertiary/aromatic N) is 6. The first kappa shape index (κ1) is 16.0. The second-order valence-corrected chi connectivity index (χ2v) is 7.02. The molecule has 0 N–H and O–H groups in total. The Balaban J connectivity index is 1.61. The van der Waals surface area contributed by atoms with Gasteiger partial charge >= 0.3 is 0 Å². The van der Waals surface area contributed by atoms with Crippen LogP contribution < -0.4 is 5.56 Å². The number of halogens is 1. The van der Waals surface area contributed by atoms with Gasteiger partial charge in [-0.3, -0.25) is 9.20 Å². The molecule has 0 atom stereocenters. The molecule has 124 valence electrons. The SMILES string of the molecule is O=c1cc(CSc2nnnn2-c2ccccc2)nc2ccc(Br)cn12. The zero-order valence-electron chi connectivity index (χ0n) is 12.8. The van der Waals surface area contributed by atoms with E-state index in [1.807, 2.05) is 36.4 Å². The van der Waals surface area contributed by atoms with E-state index in [1.165, 1.54) is 22.2 Å². The third-order valence-corrected chi connectivity index (χ3v) is 4.89. The molecule has 7 nitrogen and oxygen atoms in total. The quantitative estimate of drug-likeness (QED) is 0.477. The van der Waals surface area contributed by atoms with Gasteiger partial charge in [0.15, 0.2) is 0 Å². The molecule has 0 bridgehead atoms. The standard InChI is InChI=1S/C16H11BrN6OS/c17-11-6-7-14-18-12(8-15(24)22(14)9-11)10-25-16-19-20-21-23(16)13-4-2-1-3-5-13/h1-9H,10H2. The van der Waals surface area contributed by atoms with Crippen LogP contribution in [0.2, 0.25) is 0 Å². The van der Waals surface area contributed by atoms with Crippen LogP contribution in [-0.4, -0.2) is 29.6 Å². The highest BCUT2D eigenvalue weighted by Gasteiger charge is 2.10.